The molecule has 1 aliphatic rings. The Kier molecular flexibility index (Phi) is 4.01. The summed E-state index contributed by atoms with van der Waals surface area (Å²) in [6, 6.07) is 6.61. The maximum atomic E-state index is 12.3. The molecule has 0 spiro atoms. The molecule has 2 atom stereocenters. The zero-order valence-electron chi connectivity index (χ0n) is 10.3. The van der Waals surface area contributed by atoms with Crippen LogP contribution in [0, 0.1) is 0 Å². The molecule has 100 valence electrons. The van der Waals surface area contributed by atoms with Gasteiger partial charge >= 0.3 is 0 Å². The second kappa shape index (κ2) is 5.36. The highest BCUT2D eigenvalue weighted by atomic mass is 32.2. The van der Waals surface area contributed by atoms with Crippen LogP contribution < -0.4 is 10.5 Å². The minimum atomic E-state index is -3.53. The monoisotopic (exact) mass is 270 g/mol. The van der Waals surface area contributed by atoms with Crippen LogP contribution in [-0.4, -0.2) is 27.2 Å². The molecule has 0 aliphatic carbocycles. The third kappa shape index (κ3) is 2.72. The number of hydrogen-bond acceptors (Lipinski definition) is 4. The molecule has 1 aromatic carbocycles. The van der Waals surface area contributed by atoms with Gasteiger partial charge in [0.2, 0.25) is 10.0 Å². The normalized spacial score (nSPS) is 24.3. The Balaban J connectivity index is 2.25. The van der Waals surface area contributed by atoms with E-state index in [1.807, 2.05) is 6.92 Å². The van der Waals surface area contributed by atoms with Crippen LogP contribution in [0.4, 0.5) is 0 Å². The van der Waals surface area contributed by atoms with Crippen LogP contribution in [0.2, 0.25) is 0 Å². The molecule has 1 saturated heterocycles. The van der Waals surface area contributed by atoms with Crippen molar-refractivity contribution in [3.05, 3.63) is 29.8 Å². The maximum Gasteiger partial charge on any atom is 0.241 e. The van der Waals surface area contributed by atoms with Crippen LogP contribution in [0.25, 0.3) is 0 Å². The van der Waals surface area contributed by atoms with E-state index in [4.69, 9.17) is 10.5 Å². The SMILES string of the molecule is CC1OCCC1NS(=O)(=O)c1ccccc1CN. The minimum Gasteiger partial charge on any atom is -0.377 e. The van der Waals surface area contributed by atoms with Gasteiger partial charge in [-0.1, -0.05) is 18.2 Å². The van der Waals surface area contributed by atoms with Gasteiger partial charge in [-0.2, -0.15) is 0 Å². The molecule has 2 unspecified atom stereocenters. The molecule has 1 heterocycles. The summed E-state index contributed by atoms with van der Waals surface area (Å²) in [5, 5.41) is 0. The number of nitrogens with one attached hydrogen (secondary N) is 1. The van der Waals surface area contributed by atoms with Gasteiger partial charge in [0.25, 0.3) is 0 Å². The van der Waals surface area contributed by atoms with Crippen molar-refractivity contribution in [2.24, 2.45) is 5.73 Å². The third-order valence-electron chi connectivity index (χ3n) is 3.16. The fourth-order valence-electron chi connectivity index (χ4n) is 2.08. The molecule has 18 heavy (non-hydrogen) atoms. The van der Waals surface area contributed by atoms with Crippen LogP contribution in [-0.2, 0) is 21.3 Å². The predicted octanol–water partition coefficient (Wildman–Crippen LogP) is 0.601. The lowest BCUT2D eigenvalue weighted by Gasteiger charge is -2.17. The Labute approximate surface area is 107 Å². The van der Waals surface area contributed by atoms with Crippen molar-refractivity contribution < 1.29 is 13.2 Å². The average Bonchev–Trinajstić information content (AvgIpc) is 2.74. The van der Waals surface area contributed by atoms with E-state index in [-0.39, 0.29) is 23.6 Å². The molecule has 1 aromatic rings. The Hall–Kier alpha value is -0.950. The number of benzene rings is 1. The van der Waals surface area contributed by atoms with E-state index in [2.05, 4.69) is 4.72 Å². The van der Waals surface area contributed by atoms with E-state index in [9.17, 15) is 8.42 Å². The summed E-state index contributed by atoms with van der Waals surface area (Å²) >= 11 is 0. The van der Waals surface area contributed by atoms with E-state index in [1.54, 1.807) is 24.3 Å². The predicted molar refractivity (Wildman–Crippen MR) is 68.5 cm³/mol. The summed E-state index contributed by atoms with van der Waals surface area (Å²) in [5.41, 5.74) is 6.19. The lowest BCUT2D eigenvalue weighted by molar-refractivity contribution is 0.117. The summed E-state index contributed by atoms with van der Waals surface area (Å²) in [6.07, 6.45) is 0.607. The molecule has 0 radical (unpaired) electrons. The topological polar surface area (TPSA) is 81.4 Å². The summed E-state index contributed by atoms with van der Waals surface area (Å²) in [5.74, 6) is 0. The number of rotatable bonds is 4. The summed E-state index contributed by atoms with van der Waals surface area (Å²) in [6.45, 7) is 2.66. The minimum absolute atomic E-state index is 0.0928. The first-order chi connectivity index (χ1) is 8.54. The van der Waals surface area contributed by atoms with Gasteiger partial charge in [0.05, 0.1) is 17.0 Å². The van der Waals surface area contributed by atoms with Crippen LogP contribution in [0.15, 0.2) is 29.2 Å². The number of nitrogens with two attached hydrogens (primary N) is 1. The number of hydrogen-bond donors (Lipinski definition) is 2. The smallest absolute Gasteiger partial charge is 0.241 e. The van der Waals surface area contributed by atoms with Gasteiger partial charge in [0.1, 0.15) is 0 Å². The molecule has 0 aromatic heterocycles. The van der Waals surface area contributed by atoms with Gasteiger partial charge in [-0.05, 0) is 25.0 Å². The van der Waals surface area contributed by atoms with Crippen molar-refractivity contribution in [1.29, 1.82) is 0 Å². The zero-order chi connectivity index (χ0) is 13.2. The number of sulfonamides is 1. The van der Waals surface area contributed by atoms with Gasteiger partial charge in [-0.15, -0.1) is 0 Å². The first kappa shape index (κ1) is 13.5. The highest BCUT2D eigenvalue weighted by molar-refractivity contribution is 7.89. The maximum absolute atomic E-state index is 12.3. The number of ether oxygens (including phenoxy) is 1. The molecule has 0 saturated carbocycles. The third-order valence-corrected chi connectivity index (χ3v) is 4.76. The van der Waals surface area contributed by atoms with E-state index in [1.165, 1.54) is 0 Å². The molecular formula is C12H18N2O3S. The van der Waals surface area contributed by atoms with Crippen molar-refractivity contribution in [3.8, 4) is 0 Å². The van der Waals surface area contributed by atoms with Crippen molar-refractivity contribution in [2.45, 2.75) is 36.9 Å². The van der Waals surface area contributed by atoms with Crippen molar-refractivity contribution in [2.75, 3.05) is 6.61 Å². The van der Waals surface area contributed by atoms with Gasteiger partial charge in [-0.25, -0.2) is 13.1 Å². The highest BCUT2D eigenvalue weighted by Crippen LogP contribution is 2.19. The van der Waals surface area contributed by atoms with Crippen molar-refractivity contribution in [1.82, 2.24) is 4.72 Å². The van der Waals surface area contributed by atoms with Crippen molar-refractivity contribution >= 4 is 10.0 Å². The fraction of sp³-hybridized carbons (Fsp3) is 0.500. The van der Waals surface area contributed by atoms with E-state index in [0.717, 1.165) is 0 Å². The van der Waals surface area contributed by atoms with Gasteiger partial charge in [-0.3, -0.25) is 0 Å². The largest absolute Gasteiger partial charge is 0.377 e. The first-order valence-electron chi connectivity index (χ1n) is 5.96. The highest BCUT2D eigenvalue weighted by Gasteiger charge is 2.29. The van der Waals surface area contributed by atoms with Gasteiger partial charge < -0.3 is 10.5 Å². The Bertz CT molecular complexity index is 516. The van der Waals surface area contributed by atoms with E-state index in [0.29, 0.717) is 18.6 Å². The van der Waals surface area contributed by atoms with E-state index >= 15 is 0 Å². The summed E-state index contributed by atoms with van der Waals surface area (Å²) < 4.78 is 32.6. The standard InChI is InChI=1S/C12H18N2O3S/c1-9-11(6-7-17-9)14-18(15,16)12-5-3-2-4-10(12)8-13/h2-5,9,11,14H,6-8,13H2,1H3. The average molecular weight is 270 g/mol. The van der Waals surface area contributed by atoms with Gasteiger partial charge in [0, 0.05) is 13.2 Å². The second-order valence-corrected chi connectivity index (χ2v) is 6.09. The Morgan fingerprint density at radius 2 is 2.17 bits per heavy atom. The zero-order valence-corrected chi connectivity index (χ0v) is 11.1. The molecule has 1 fully saturated rings. The first-order valence-corrected chi connectivity index (χ1v) is 7.45. The second-order valence-electron chi connectivity index (χ2n) is 4.40. The lowest BCUT2D eigenvalue weighted by atomic mass is 10.2. The van der Waals surface area contributed by atoms with Crippen LogP contribution in [0.3, 0.4) is 0 Å². The molecule has 3 N–H and O–H groups in total. The molecule has 0 amide bonds. The summed E-state index contributed by atoms with van der Waals surface area (Å²) in [4.78, 5) is 0.256. The molecule has 5 nitrogen and oxygen atoms in total. The molecular weight excluding hydrogens is 252 g/mol. The molecule has 0 bridgehead atoms. The fourth-order valence-corrected chi connectivity index (χ4v) is 3.67. The Morgan fingerprint density at radius 3 is 2.78 bits per heavy atom. The van der Waals surface area contributed by atoms with Gasteiger partial charge in [0.15, 0.2) is 0 Å². The van der Waals surface area contributed by atoms with E-state index < -0.39 is 10.0 Å². The lowest BCUT2D eigenvalue weighted by Crippen LogP contribution is -2.39. The van der Waals surface area contributed by atoms with Crippen LogP contribution in [0.5, 0.6) is 0 Å². The quantitative estimate of drug-likeness (QED) is 0.839. The molecule has 6 heteroatoms. The van der Waals surface area contributed by atoms with Crippen LogP contribution >= 0.6 is 0 Å². The van der Waals surface area contributed by atoms with Crippen LogP contribution in [0.1, 0.15) is 18.9 Å². The van der Waals surface area contributed by atoms with Crippen molar-refractivity contribution in [3.63, 3.8) is 0 Å². The molecule has 2 rings (SSSR count). The summed E-state index contributed by atoms with van der Waals surface area (Å²) in [7, 11) is -3.53. The molecule has 1 aliphatic heterocycles. The Morgan fingerprint density at radius 1 is 1.44 bits per heavy atom.